The maximum absolute atomic E-state index is 10.4. The Labute approximate surface area is 120 Å². The van der Waals surface area contributed by atoms with E-state index in [0.29, 0.717) is 12.5 Å². The van der Waals surface area contributed by atoms with Crippen molar-refractivity contribution in [2.24, 2.45) is 5.92 Å². The van der Waals surface area contributed by atoms with Gasteiger partial charge in [0.15, 0.2) is 0 Å². The third kappa shape index (κ3) is 3.90. The van der Waals surface area contributed by atoms with Gasteiger partial charge in [-0.1, -0.05) is 26.0 Å². The lowest BCUT2D eigenvalue weighted by Crippen LogP contribution is -2.34. The maximum Gasteiger partial charge on any atom is 0.137 e. The zero-order chi connectivity index (χ0) is 14.6. The maximum atomic E-state index is 10.4. The van der Waals surface area contributed by atoms with Gasteiger partial charge in [-0.2, -0.15) is 0 Å². The first-order chi connectivity index (χ1) is 9.48. The average molecular weight is 273 g/mol. The van der Waals surface area contributed by atoms with E-state index in [4.69, 9.17) is 0 Å². The van der Waals surface area contributed by atoms with Crippen LogP contribution in [0.2, 0.25) is 0 Å². The number of fused-ring (bicyclic) bond motifs is 1. The topological polar surface area (TPSA) is 58.0 Å². The Morgan fingerprint density at radius 3 is 2.75 bits per heavy atom. The van der Waals surface area contributed by atoms with E-state index in [1.165, 1.54) is 0 Å². The second-order valence-electron chi connectivity index (χ2n) is 6.02. The number of anilines is 1. The van der Waals surface area contributed by atoms with Gasteiger partial charge in [0, 0.05) is 11.9 Å². The number of benzene rings is 1. The van der Waals surface area contributed by atoms with Gasteiger partial charge in [-0.25, -0.2) is 9.97 Å². The van der Waals surface area contributed by atoms with Crippen LogP contribution in [-0.2, 0) is 0 Å². The van der Waals surface area contributed by atoms with E-state index < -0.39 is 5.60 Å². The zero-order valence-electron chi connectivity index (χ0n) is 12.4. The highest BCUT2D eigenvalue weighted by Crippen LogP contribution is 2.21. The van der Waals surface area contributed by atoms with Crippen molar-refractivity contribution in [1.82, 2.24) is 9.97 Å². The Bertz CT molecular complexity index is 561. The number of rotatable bonds is 6. The normalized spacial score (nSPS) is 14.4. The Morgan fingerprint density at radius 2 is 2.00 bits per heavy atom. The van der Waals surface area contributed by atoms with E-state index in [-0.39, 0.29) is 0 Å². The summed E-state index contributed by atoms with van der Waals surface area (Å²) in [6, 6.07) is 7.87. The van der Waals surface area contributed by atoms with Crippen LogP contribution in [-0.4, -0.2) is 27.2 Å². The Balaban J connectivity index is 2.05. The van der Waals surface area contributed by atoms with E-state index in [9.17, 15) is 5.11 Å². The summed E-state index contributed by atoms with van der Waals surface area (Å²) >= 11 is 0. The molecule has 0 aliphatic heterocycles. The summed E-state index contributed by atoms with van der Waals surface area (Å²) in [5, 5.41) is 14.6. The average Bonchev–Trinajstić information content (AvgIpc) is 2.43. The van der Waals surface area contributed by atoms with Crippen molar-refractivity contribution in [3.8, 4) is 0 Å². The number of para-hydroxylation sites is 1. The molecule has 2 N–H and O–H groups in total. The minimum absolute atomic E-state index is 0.487. The van der Waals surface area contributed by atoms with E-state index >= 15 is 0 Å². The van der Waals surface area contributed by atoms with Crippen molar-refractivity contribution in [3.63, 3.8) is 0 Å². The molecule has 1 heterocycles. The highest BCUT2D eigenvalue weighted by Gasteiger charge is 2.20. The minimum atomic E-state index is -0.726. The van der Waals surface area contributed by atoms with Crippen LogP contribution < -0.4 is 5.32 Å². The van der Waals surface area contributed by atoms with Gasteiger partial charge in [-0.3, -0.25) is 0 Å². The van der Waals surface area contributed by atoms with E-state index in [1.54, 1.807) is 6.33 Å². The van der Waals surface area contributed by atoms with Gasteiger partial charge >= 0.3 is 0 Å². The molecule has 0 saturated carbocycles. The quantitative estimate of drug-likeness (QED) is 0.848. The van der Waals surface area contributed by atoms with Crippen molar-refractivity contribution >= 4 is 16.7 Å². The molecule has 0 saturated heterocycles. The molecular formula is C16H23N3O. The Hall–Kier alpha value is -1.68. The monoisotopic (exact) mass is 273 g/mol. The molecule has 108 valence electrons. The second-order valence-corrected chi connectivity index (χ2v) is 6.02. The lowest BCUT2D eigenvalue weighted by molar-refractivity contribution is 0.0586. The Kier molecular flexibility index (Phi) is 4.55. The summed E-state index contributed by atoms with van der Waals surface area (Å²) in [6.07, 6.45) is 3.34. The van der Waals surface area contributed by atoms with Crippen molar-refractivity contribution < 1.29 is 5.11 Å². The standard InChI is InChI=1S/C16H23N3O/c1-12(2)8-9-16(3,20)10-17-15-13-6-4-5-7-14(13)18-11-19-15/h4-7,11-12,20H,8-10H2,1-3H3,(H,17,18,19). The smallest absolute Gasteiger partial charge is 0.137 e. The number of aliphatic hydroxyl groups is 1. The van der Waals surface area contributed by atoms with Gasteiger partial charge in [0.2, 0.25) is 0 Å². The molecule has 0 amide bonds. The summed E-state index contributed by atoms with van der Waals surface area (Å²) in [5.74, 6) is 1.38. The molecule has 1 unspecified atom stereocenters. The zero-order valence-corrected chi connectivity index (χ0v) is 12.4. The predicted octanol–water partition coefficient (Wildman–Crippen LogP) is 3.23. The molecule has 4 heteroatoms. The van der Waals surface area contributed by atoms with Crippen LogP contribution in [0.25, 0.3) is 10.9 Å². The van der Waals surface area contributed by atoms with Crippen molar-refractivity contribution in [2.45, 2.75) is 39.2 Å². The lowest BCUT2D eigenvalue weighted by atomic mass is 9.95. The SMILES string of the molecule is CC(C)CCC(C)(O)CNc1ncnc2ccccc12. The molecule has 0 radical (unpaired) electrons. The van der Waals surface area contributed by atoms with Crippen LogP contribution in [0.4, 0.5) is 5.82 Å². The molecule has 0 spiro atoms. The van der Waals surface area contributed by atoms with E-state index in [0.717, 1.165) is 29.6 Å². The van der Waals surface area contributed by atoms with Gasteiger partial charge < -0.3 is 10.4 Å². The number of aromatic nitrogens is 2. The number of hydrogen-bond acceptors (Lipinski definition) is 4. The molecule has 2 rings (SSSR count). The van der Waals surface area contributed by atoms with Crippen LogP contribution in [0.15, 0.2) is 30.6 Å². The fourth-order valence-electron chi connectivity index (χ4n) is 2.11. The highest BCUT2D eigenvalue weighted by molar-refractivity contribution is 5.88. The molecule has 1 atom stereocenters. The van der Waals surface area contributed by atoms with Gasteiger partial charge in [0.1, 0.15) is 12.1 Å². The van der Waals surface area contributed by atoms with Crippen molar-refractivity contribution in [1.29, 1.82) is 0 Å². The van der Waals surface area contributed by atoms with Crippen LogP contribution in [0.1, 0.15) is 33.6 Å². The summed E-state index contributed by atoms with van der Waals surface area (Å²) in [5.41, 5.74) is 0.183. The molecule has 0 bridgehead atoms. The molecule has 0 fully saturated rings. The molecule has 4 nitrogen and oxygen atoms in total. The largest absolute Gasteiger partial charge is 0.388 e. The van der Waals surface area contributed by atoms with Crippen molar-refractivity contribution in [3.05, 3.63) is 30.6 Å². The number of nitrogens with zero attached hydrogens (tertiary/aromatic N) is 2. The van der Waals surface area contributed by atoms with Gasteiger partial charge in [0.05, 0.1) is 11.1 Å². The minimum Gasteiger partial charge on any atom is -0.388 e. The molecule has 20 heavy (non-hydrogen) atoms. The first kappa shape index (κ1) is 14.7. The third-order valence-corrected chi connectivity index (χ3v) is 3.44. The summed E-state index contributed by atoms with van der Waals surface area (Å²) in [4.78, 5) is 8.50. The Morgan fingerprint density at radius 1 is 1.25 bits per heavy atom. The first-order valence-electron chi connectivity index (χ1n) is 7.14. The van der Waals surface area contributed by atoms with Gasteiger partial charge in [-0.15, -0.1) is 0 Å². The molecule has 0 aliphatic rings. The summed E-state index contributed by atoms with van der Waals surface area (Å²) in [6.45, 7) is 6.69. The molecule has 2 aromatic rings. The number of hydrogen-bond donors (Lipinski definition) is 2. The molecule has 1 aromatic carbocycles. The highest BCUT2D eigenvalue weighted by atomic mass is 16.3. The first-order valence-corrected chi connectivity index (χ1v) is 7.14. The van der Waals surface area contributed by atoms with Crippen LogP contribution in [0.3, 0.4) is 0 Å². The predicted molar refractivity (Wildman–Crippen MR) is 82.7 cm³/mol. The molecular weight excluding hydrogens is 250 g/mol. The van der Waals surface area contributed by atoms with Crippen LogP contribution in [0, 0.1) is 5.92 Å². The second kappa shape index (κ2) is 6.18. The van der Waals surface area contributed by atoms with Crippen LogP contribution >= 0.6 is 0 Å². The number of nitrogens with one attached hydrogen (secondary N) is 1. The summed E-state index contributed by atoms with van der Waals surface area (Å²) < 4.78 is 0. The van der Waals surface area contributed by atoms with E-state index in [1.807, 2.05) is 31.2 Å². The molecule has 0 aliphatic carbocycles. The van der Waals surface area contributed by atoms with E-state index in [2.05, 4.69) is 29.1 Å². The molecule has 1 aromatic heterocycles. The fourth-order valence-corrected chi connectivity index (χ4v) is 2.11. The van der Waals surface area contributed by atoms with Gasteiger partial charge in [-0.05, 0) is 37.8 Å². The van der Waals surface area contributed by atoms with Crippen LogP contribution in [0.5, 0.6) is 0 Å². The van der Waals surface area contributed by atoms with Crippen molar-refractivity contribution in [2.75, 3.05) is 11.9 Å². The lowest BCUT2D eigenvalue weighted by Gasteiger charge is -2.25. The third-order valence-electron chi connectivity index (χ3n) is 3.44. The fraction of sp³-hybridized carbons (Fsp3) is 0.500. The van der Waals surface area contributed by atoms with Gasteiger partial charge in [0.25, 0.3) is 0 Å². The summed E-state index contributed by atoms with van der Waals surface area (Å²) in [7, 11) is 0.